The molecule has 112 valence electrons. The van der Waals surface area contributed by atoms with Crippen molar-refractivity contribution < 1.29 is 4.74 Å². The van der Waals surface area contributed by atoms with Crippen molar-refractivity contribution in [2.45, 2.75) is 26.0 Å². The van der Waals surface area contributed by atoms with Crippen LogP contribution in [0.4, 0.5) is 0 Å². The Balaban J connectivity index is 2.06. The number of halogens is 3. The van der Waals surface area contributed by atoms with Gasteiger partial charge in [-0.05, 0) is 59.1 Å². The van der Waals surface area contributed by atoms with Gasteiger partial charge in [0.2, 0.25) is 0 Å². The van der Waals surface area contributed by atoms with E-state index in [0.29, 0.717) is 11.6 Å². The van der Waals surface area contributed by atoms with Gasteiger partial charge in [0.25, 0.3) is 0 Å². The molecule has 0 fully saturated rings. The Morgan fingerprint density at radius 2 is 1.95 bits per heavy atom. The number of hydrogen-bond donors (Lipinski definition) is 1. The Kier molecular flexibility index (Phi) is 6.11. The molecule has 0 saturated carbocycles. The van der Waals surface area contributed by atoms with E-state index in [4.69, 9.17) is 22.1 Å². The minimum absolute atomic E-state index is 0.144. The molecule has 5 heteroatoms. The molecular weight excluding hydrogens is 417 g/mol. The number of benzene rings is 2. The van der Waals surface area contributed by atoms with Crippen LogP contribution in [0.2, 0.25) is 5.02 Å². The molecule has 0 aliphatic rings. The zero-order valence-corrected chi connectivity index (χ0v) is 15.5. The summed E-state index contributed by atoms with van der Waals surface area (Å²) in [6.45, 7) is 2.42. The molecule has 0 aromatic heterocycles. The van der Waals surface area contributed by atoms with Crippen LogP contribution in [0, 0.1) is 0 Å². The molecule has 2 aromatic carbocycles. The first kappa shape index (κ1) is 16.8. The van der Waals surface area contributed by atoms with E-state index in [1.165, 1.54) is 5.56 Å². The quantitative estimate of drug-likeness (QED) is 0.691. The van der Waals surface area contributed by atoms with Crippen LogP contribution in [0.15, 0.2) is 45.3 Å². The summed E-state index contributed by atoms with van der Waals surface area (Å²) in [6, 6.07) is 11.9. The van der Waals surface area contributed by atoms with Gasteiger partial charge in [-0.25, -0.2) is 0 Å². The van der Waals surface area contributed by atoms with Gasteiger partial charge in [-0.2, -0.15) is 0 Å². The van der Waals surface area contributed by atoms with Crippen molar-refractivity contribution in [1.82, 2.24) is 0 Å². The third kappa shape index (κ3) is 4.99. The normalized spacial score (nSPS) is 12.2. The minimum atomic E-state index is 0.144. The van der Waals surface area contributed by atoms with Crippen LogP contribution < -0.4 is 10.5 Å². The smallest absolute Gasteiger partial charge is 0.134 e. The van der Waals surface area contributed by atoms with Gasteiger partial charge >= 0.3 is 0 Å². The number of rotatable bonds is 5. The van der Waals surface area contributed by atoms with E-state index >= 15 is 0 Å². The largest absolute Gasteiger partial charge is 0.488 e. The van der Waals surface area contributed by atoms with Crippen LogP contribution in [0.3, 0.4) is 0 Å². The second kappa shape index (κ2) is 7.63. The summed E-state index contributed by atoms with van der Waals surface area (Å²) < 4.78 is 7.71. The van der Waals surface area contributed by atoms with E-state index in [2.05, 4.69) is 31.9 Å². The van der Waals surface area contributed by atoms with Crippen molar-refractivity contribution in [3.8, 4) is 5.75 Å². The van der Waals surface area contributed by atoms with Crippen molar-refractivity contribution in [3.63, 3.8) is 0 Å². The van der Waals surface area contributed by atoms with Gasteiger partial charge in [0, 0.05) is 21.1 Å². The van der Waals surface area contributed by atoms with Crippen molar-refractivity contribution >= 4 is 43.5 Å². The molecule has 2 rings (SSSR count). The van der Waals surface area contributed by atoms with Crippen LogP contribution in [-0.4, -0.2) is 6.04 Å². The van der Waals surface area contributed by atoms with Gasteiger partial charge in [0.15, 0.2) is 0 Å². The Hall–Kier alpha value is -0.550. The fraction of sp³-hybridized carbons (Fsp3) is 0.250. The third-order valence-electron chi connectivity index (χ3n) is 2.95. The standard InChI is InChI=1S/C16H16Br2ClNO/c1-10(20)6-11-2-5-16(14(18)7-11)21-9-12-3-4-13(17)8-15(12)19/h2-5,7-8,10H,6,9,20H2,1H3. The fourth-order valence-electron chi connectivity index (χ4n) is 1.95. The zero-order valence-electron chi connectivity index (χ0n) is 11.6. The third-order valence-corrected chi connectivity index (χ3v) is 4.42. The molecule has 0 saturated heterocycles. The lowest BCUT2D eigenvalue weighted by atomic mass is 10.1. The van der Waals surface area contributed by atoms with Gasteiger partial charge in [-0.15, -0.1) is 0 Å². The lowest BCUT2D eigenvalue weighted by Crippen LogP contribution is -2.17. The van der Waals surface area contributed by atoms with E-state index < -0.39 is 0 Å². The van der Waals surface area contributed by atoms with E-state index in [9.17, 15) is 0 Å². The molecule has 0 radical (unpaired) electrons. The minimum Gasteiger partial charge on any atom is -0.488 e. The summed E-state index contributed by atoms with van der Waals surface area (Å²) in [5.41, 5.74) is 7.95. The zero-order chi connectivity index (χ0) is 15.4. The first-order valence-corrected chi connectivity index (χ1v) is 8.53. The number of hydrogen-bond acceptors (Lipinski definition) is 2. The monoisotopic (exact) mass is 431 g/mol. The molecule has 1 unspecified atom stereocenters. The highest BCUT2D eigenvalue weighted by Gasteiger charge is 2.07. The summed E-state index contributed by atoms with van der Waals surface area (Å²) in [4.78, 5) is 0. The lowest BCUT2D eigenvalue weighted by Gasteiger charge is -2.12. The first-order chi connectivity index (χ1) is 9.95. The maximum Gasteiger partial charge on any atom is 0.134 e. The maximum atomic E-state index is 6.18. The Labute approximate surface area is 146 Å². The molecule has 0 aliphatic carbocycles. The SMILES string of the molecule is CC(N)Cc1ccc(OCc2ccc(Br)cc2Cl)c(Br)c1. The molecule has 0 amide bonds. The van der Waals surface area contributed by atoms with Crippen LogP contribution >= 0.6 is 43.5 Å². The summed E-state index contributed by atoms with van der Waals surface area (Å²) >= 11 is 13.1. The average Bonchev–Trinajstić information content (AvgIpc) is 2.39. The summed E-state index contributed by atoms with van der Waals surface area (Å²) in [5.74, 6) is 0.794. The molecule has 0 spiro atoms. The van der Waals surface area contributed by atoms with E-state index in [0.717, 1.165) is 26.7 Å². The Bertz CT molecular complexity index is 632. The van der Waals surface area contributed by atoms with Crippen molar-refractivity contribution in [1.29, 1.82) is 0 Å². The second-order valence-corrected chi connectivity index (χ2v) is 7.15. The molecule has 0 heterocycles. The van der Waals surface area contributed by atoms with Gasteiger partial charge in [0.05, 0.1) is 4.47 Å². The summed E-state index contributed by atoms with van der Waals surface area (Å²) in [6.07, 6.45) is 0.845. The second-order valence-electron chi connectivity index (χ2n) is 4.97. The van der Waals surface area contributed by atoms with Gasteiger partial charge in [-0.3, -0.25) is 0 Å². The molecule has 0 bridgehead atoms. The molecule has 2 nitrogen and oxygen atoms in total. The highest BCUT2D eigenvalue weighted by Crippen LogP contribution is 2.28. The van der Waals surface area contributed by atoms with Crippen LogP contribution in [0.1, 0.15) is 18.1 Å². The topological polar surface area (TPSA) is 35.2 Å². The van der Waals surface area contributed by atoms with Crippen molar-refractivity contribution in [3.05, 3.63) is 61.5 Å². The lowest BCUT2D eigenvalue weighted by molar-refractivity contribution is 0.304. The predicted octanol–water partition coefficient (Wildman–Crippen LogP) is 5.33. The average molecular weight is 434 g/mol. The van der Waals surface area contributed by atoms with Crippen LogP contribution in [0.5, 0.6) is 5.75 Å². The molecular formula is C16H16Br2ClNO. The molecule has 21 heavy (non-hydrogen) atoms. The maximum absolute atomic E-state index is 6.18. The summed E-state index contributed by atoms with van der Waals surface area (Å²) in [7, 11) is 0. The highest BCUT2D eigenvalue weighted by molar-refractivity contribution is 9.10. The van der Waals surface area contributed by atoms with E-state index in [-0.39, 0.29) is 6.04 Å². The molecule has 1 atom stereocenters. The molecule has 2 N–H and O–H groups in total. The molecule has 2 aromatic rings. The summed E-state index contributed by atoms with van der Waals surface area (Å²) in [5, 5.41) is 0.689. The Morgan fingerprint density at radius 3 is 2.57 bits per heavy atom. The van der Waals surface area contributed by atoms with E-state index in [1.54, 1.807) is 0 Å². The van der Waals surface area contributed by atoms with E-state index in [1.807, 2.05) is 43.3 Å². The van der Waals surface area contributed by atoms with Crippen molar-refractivity contribution in [2.24, 2.45) is 5.73 Å². The molecule has 0 aliphatic heterocycles. The highest BCUT2D eigenvalue weighted by atomic mass is 79.9. The van der Waals surface area contributed by atoms with Crippen molar-refractivity contribution in [2.75, 3.05) is 0 Å². The van der Waals surface area contributed by atoms with Gasteiger partial charge in [-0.1, -0.05) is 39.7 Å². The van der Waals surface area contributed by atoms with Gasteiger partial charge in [0.1, 0.15) is 12.4 Å². The van der Waals surface area contributed by atoms with Gasteiger partial charge < -0.3 is 10.5 Å². The Morgan fingerprint density at radius 1 is 1.19 bits per heavy atom. The fourth-order valence-corrected chi connectivity index (χ4v) is 3.22. The number of ether oxygens (including phenoxy) is 1. The first-order valence-electron chi connectivity index (χ1n) is 6.56. The van der Waals surface area contributed by atoms with Crippen LogP contribution in [0.25, 0.3) is 0 Å². The predicted molar refractivity (Wildman–Crippen MR) is 95.0 cm³/mol. The van der Waals surface area contributed by atoms with Crippen LogP contribution in [-0.2, 0) is 13.0 Å². The number of nitrogens with two attached hydrogens (primary N) is 1.